The molecule has 0 aromatic rings. The minimum atomic E-state index is -0.148. The predicted octanol–water partition coefficient (Wildman–Crippen LogP) is 1.71. The van der Waals surface area contributed by atoms with Crippen molar-refractivity contribution in [3.05, 3.63) is 12.2 Å². The first-order valence-electron chi connectivity index (χ1n) is 3.66. The summed E-state index contributed by atoms with van der Waals surface area (Å²) in [6.45, 7) is 8.48. The van der Waals surface area contributed by atoms with Gasteiger partial charge >= 0.3 is 0 Å². The highest BCUT2D eigenvalue weighted by Crippen LogP contribution is 2.18. The van der Waals surface area contributed by atoms with Gasteiger partial charge in [-0.25, -0.2) is 0 Å². The van der Waals surface area contributed by atoms with E-state index in [9.17, 15) is 0 Å². The number of hydrogen-bond donors (Lipinski definition) is 0. The Bertz CT molecular complexity index is 131. The quantitative estimate of drug-likeness (QED) is 0.546. The third-order valence-electron chi connectivity index (χ3n) is 1.61. The first-order chi connectivity index (χ1) is 4.74. The standard InChI is InChI=1S/C8H14O2/c1-4-7-5-9-8(10-7)6(2)3/h7-8H,2,4-5H2,1,3H3. The lowest BCUT2D eigenvalue weighted by Crippen LogP contribution is -2.11. The highest BCUT2D eigenvalue weighted by Gasteiger charge is 2.24. The monoisotopic (exact) mass is 142 g/mol. The topological polar surface area (TPSA) is 18.5 Å². The fourth-order valence-electron chi connectivity index (χ4n) is 0.921. The molecule has 0 aromatic carbocycles. The summed E-state index contributed by atoms with van der Waals surface area (Å²) in [4.78, 5) is 0. The normalized spacial score (nSPS) is 32.6. The maximum absolute atomic E-state index is 5.45. The molecule has 1 saturated heterocycles. The van der Waals surface area contributed by atoms with Crippen LogP contribution >= 0.6 is 0 Å². The molecular formula is C8H14O2. The molecular weight excluding hydrogens is 128 g/mol. The number of ether oxygens (including phenoxy) is 2. The summed E-state index contributed by atoms with van der Waals surface area (Å²) in [6.07, 6.45) is 1.15. The lowest BCUT2D eigenvalue weighted by Gasteiger charge is -2.08. The molecule has 1 aliphatic heterocycles. The van der Waals surface area contributed by atoms with Crippen molar-refractivity contribution in [2.24, 2.45) is 0 Å². The fourth-order valence-corrected chi connectivity index (χ4v) is 0.921. The molecule has 0 aliphatic carbocycles. The summed E-state index contributed by atoms with van der Waals surface area (Å²) in [6, 6.07) is 0. The van der Waals surface area contributed by atoms with Crippen molar-refractivity contribution >= 4 is 0 Å². The van der Waals surface area contributed by atoms with Crippen LogP contribution in [-0.2, 0) is 9.47 Å². The SMILES string of the molecule is C=C(C)C1OCC(CC)O1. The van der Waals surface area contributed by atoms with Crippen LogP contribution in [-0.4, -0.2) is 19.0 Å². The number of hydrogen-bond acceptors (Lipinski definition) is 2. The lowest BCUT2D eigenvalue weighted by molar-refractivity contribution is -0.0284. The maximum Gasteiger partial charge on any atom is 0.179 e. The Morgan fingerprint density at radius 2 is 2.40 bits per heavy atom. The first kappa shape index (κ1) is 7.76. The van der Waals surface area contributed by atoms with Gasteiger partial charge in [0, 0.05) is 0 Å². The summed E-state index contributed by atoms with van der Waals surface area (Å²) in [7, 11) is 0. The van der Waals surface area contributed by atoms with E-state index in [0.29, 0.717) is 6.61 Å². The summed E-state index contributed by atoms with van der Waals surface area (Å²) < 4.78 is 10.7. The van der Waals surface area contributed by atoms with E-state index < -0.39 is 0 Å². The van der Waals surface area contributed by atoms with Crippen LogP contribution in [0.5, 0.6) is 0 Å². The van der Waals surface area contributed by atoms with Gasteiger partial charge in [0.1, 0.15) is 0 Å². The van der Waals surface area contributed by atoms with Gasteiger partial charge in [0.05, 0.1) is 12.7 Å². The minimum Gasteiger partial charge on any atom is -0.346 e. The van der Waals surface area contributed by atoms with E-state index in [1.54, 1.807) is 0 Å². The maximum atomic E-state index is 5.45. The molecule has 2 nitrogen and oxygen atoms in total. The molecule has 0 saturated carbocycles. The number of rotatable bonds is 2. The molecule has 1 aliphatic rings. The Kier molecular flexibility index (Phi) is 2.46. The molecule has 0 N–H and O–H groups in total. The molecule has 2 heteroatoms. The molecule has 0 radical (unpaired) electrons. The largest absolute Gasteiger partial charge is 0.346 e. The van der Waals surface area contributed by atoms with Crippen molar-refractivity contribution < 1.29 is 9.47 Å². The van der Waals surface area contributed by atoms with Gasteiger partial charge < -0.3 is 9.47 Å². The van der Waals surface area contributed by atoms with Gasteiger partial charge in [-0.1, -0.05) is 13.5 Å². The molecule has 1 rings (SSSR count). The second-order valence-electron chi connectivity index (χ2n) is 2.68. The van der Waals surface area contributed by atoms with Crippen LogP contribution in [0.3, 0.4) is 0 Å². The molecule has 2 unspecified atom stereocenters. The zero-order valence-electron chi connectivity index (χ0n) is 6.59. The third kappa shape index (κ3) is 1.58. The zero-order chi connectivity index (χ0) is 7.56. The predicted molar refractivity (Wildman–Crippen MR) is 39.7 cm³/mol. The molecule has 2 atom stereocenters. The average Bonchev–Trinajstić information content (AvgIpc) is 2.34. The molecule has 0 bridgehead atoms. The smallest absolute Gasteiger partial charge is 0.179 e. The van der Waals surface area contributed by atoms with Crippen LogP contribution in [0.4, 0.5) is 0 Å². The van der Waals surface area contributed by atoms with Crippen LogP contribution in [0, 0.1) is 0 Å². The molecule has 0 spiro atoms. The van der Waals surface area contributed by atoms with Crippen LogP contribution in [0.1, 0.15) is 20.3 Å². The van der Waals surface area contributed by atoms with Crippen LogP contribution in [0.2, 0.25) is 0 Å². The molecule has 1 fully saturated rings. The fraction of sp³-hybridized carbons (Fsp3) is 0.750. The molecule has 0 amide bonds. The third-order valence-corrected chi connectivity index (χ3v) is 1.61. The van der Waals surface area contributed by atoms with Gasteiger partial charge in [-0.3, -0.25) is 0 Å². The molecule has 0 aromatic heterocycles. The van der Waals surface area contributed by atoms with Gasteiger partial charge in [-0.2, -0.15) is 0 Å². The van der Waals surface area contributed by atoms with Crippen molar-refractivity contribution in [2.45, 2.75) is 32.7 Å². The van der Waals surface area contributed by atoms with Crippen LogP contribution in [0.15, 0.2) is 12.2 Å². The van der Waals surface area contributed by atoms with Gasteiger partial charge in [-0.05, 0) is 18.9 Å². The summed E-state index contributed by atoms with van der Waals surface area (Å²) >= 11 is 0. The van der Waals surface area contributed by atoms with E-state index in [4.69, 9.17) is 9.47 Å². The van der Waals surface area contributed by atoms with Gasteiger partial charge in [0.15, 0.2) is 6.29 Å². The zero-order valence-corrected chi connectivity index (χ0v) is 6.59. The average molecular weight is 142 g/mol. The highest BCUT2D eigenvalue weighted by atomic mass is 16.7. The Balaban J connectivity index is 2.35. The van der Waals surface area contributed by atoms with Crippen molar-refractivity contribution in [1.29, 1.82) is 0 Å². The van der Waals surface area contributed by atoms with Crippen molar-refractivity contribution in [3.8, 4) is 0 Å². The highest BCUT2D eigenvalue weighted by molar-refractivity contribution is 4.95. The van der Waals surface area contributed by atoms with E-state index in [2.05, 4.69) is 13.5 Å². The van der Waals surface area contributed by atoms with Gasteiger partial charge in [0.2, 0.25) is 0 Å². The van der Waals surface area contributed by atoms with Crippen LogP contribution in [0.25, 0.3) is 0 Å². The summed E-state index contributed by atoms with van der Waals surface area (Å²) in [5.74, 6) is 0. The Hall–Kier alpha value is -0.340. The Morgan fingerprint density at radius 3 is 2.70 bits per heavy atom. The summed E-state index contributed by atoms with van der Waals surface area (Å²) in [5, 5.41) is 0. The molecule has 10 heavy (non-hydrogen) atoms. The van der Waals surface area contributed by atoms with Gasteiger partial charge in [-0.15, -0.1) is 0 Å². The molecule has 58 valence electrons. The van der Waals surface area contributed by atoms with Crippen molar-refractivity contribution in [1.82, 2.24) is 0 Å². The van der Waals surface area contributed by atoms with E-state index in [0.717, 1.165) is 12.0 Å². The van der Waals surface area contributed by atoms with Crippen molar-refractivity contribution in [3.63, 3.8) is 0 Å². The van der Waals surface area contributed by atoms with E-state index in [-0.39, 0.29) is 12.4 Å². The van der Waals surface area contributed by atoms with E-state index >= 15 is 0 Å². The Morgan fingerprint density at radius 1 is 1.70 bits per heavy atom. The molecule has 1 heterocycles. The first-order valence-corrected chi connectivity index (χ1v) is 3.66. The van der Waals surface area contributed by atoms with Crippen LogP contribution < -0.4 is 0 Å². The van der Waals surface area contributed by atoms with Crippen molar-refractivity contribution in [2.75, 3.05) is 6.61 Å². The minimum absolute atomic E-state index is 0.148. The lowest BCUT2D eigenvalue weighted by atomic mass is 10.3. The second kappa shape index (κ2) is 3.17. The summed E-state index contributed by atoms with van der Waals surface area (Å²) in [5.41, 5.74) is 0.955. The van der Waals surface area contributed by atoms with E-state index in [1.165, 1.54) is 0 Å². The van der Waals surface area contributed by atoms with E-state index in [1.807, 2.05) is 6.92 Å². The second-order valence-corrected chi connectivity index (χ2v) is 2.68. The Labute approximate surface area is 61.8 Å². The van der Waals surface area contributed by atoms with Gasteiger partial charge in [0.25, 0.3) is 0 Å².